The molecule has 1 saturated heterocycles. The fraction of sp³-hybridized carbons (Fsp3) is 0.450. The minimum absolute atomic E-state index is 0.116. The van der Waals surface area contributed by atoms with E-state index >= 15 is 0 Å². The normalized spacial score (nSPS) is 18.0. The highest BCUT2D eigenvalue weighted by Gasteiger charge is 2.41. The van der Waals surface area contributed by atoms with Crippen LogP contribution in [0.1, 0.15) is 29.3 Å². The van der Waals surface area contributed by atoms with Gasteiger partial charge in [0.2, 0.25) is 5.91 Å². The first kappa shape index (κ1) is 18.1. The summed E-state index contributed by atoms with van der Waals surface area (Å²) in [6.07, 6.45) is 1.46. The van der Waals surface area contributed by atoms with Gasteiger partial charge in [-0.3, -0.25) is 4.79 Å². The van der Waals surface area contributed by atoms with Crippen LogP contribution in [0.3, 0.4) is 0 Å². The van der Waals surface area contributed by atoms with Crippen molar-refractivity contribution < 1.29 is 9.53 Å². The first-order valence-electron chi connectivity index (χ1n) is 8.75. The number of hydrogen-bond acceptors (Lipinski definition) is 4. The molecule has 3 rings (SSSR count). The zero-order valence-corrected chi connectivity index (χ0v) is 15.7. The molecule has 134 valence electrons. The molecule has 1 amide bonds. The minimum Gasteiger partial charge on any atom is -0.381 e. The summed E-state index contributed by atoms with van der Waals surface area (Å²) in [7, 11) is 4.11. The molecule has 1 atom stereocenters. The molecule has 0 bridgehead atoms. The predicted octanol–water partition coefficient (Wildman–Crippen LogP) is 3.22. The van der Waals surface area contributed by atoms with Gasteiger partial charge in [0.15, 0.2) is 0 Å². The summed E-state index contributed by atoms with van der Waals surface area (Å²) in [4.78, 5) is 16.7. The fourth-order valence-electron chi connectivity index (χ4n) is 3.50. The second-order valence-electron chi connectivity index (χ2n) is 6.77. The van der Waals surface area contributed by atoms with Gasteiger partial charge in [-0.25, -0.2) is 0 Å². The SMILES string of the molecule is CN(C)[C@H](CNC(=O)C1(c2ccccc2)CCOCC1)c1cccs1. The van der Waals surface area contributed by atoms with Gasteiger partial charge < -0.3 is 15.0 Å². The molecule has 25 heavy (non-hydrogen) atoms. The number of thiophene rings is 1. The summed E-state index contributed by atoms with van der Waals surface area (Å²) >= 11 is 1.73. The van der Waals surface area contributed by atoms with Crippen LogP contribution in [0.5, 0.6) is 0 Å². The maximum Gasteiger partial charge on any atom is 0.230 e. The Hall–Kier alpha value is -1.69. The van der Waals surface area contributed by atoms with Crippen molar-refractivity contribution in [3.8, 4) is 0 Å². The zero-order chi connectivity index (χ0) is 17.7. The summed E-state index contributed by atoms with van der Waals surface area (Å²) in [6, 6.07) is 14.5. The van der Waals surface area contributed by atoms with E-state index in [-0.39, 0.29) is 11.9 Å². The van der Waals surface area contributed by atoms with Gasteiger partial charge in [0.25, 0.3) is 0 Å². The van der Waals surface area contributed by atoms with Crippen LogP contribution in [-0.2, 0) is 14.9 Å². The van der Waals surface area contributed by atoms with E-state index in [0.29, 0.717) is 19.8 Å². The van der Waals surface area contributed by atoms with Gasteiger partial charge in [0.1, 0.15) is 0 Å². The van der Waals surface area contributed by atoms with Crippen molar-refractivity contribution in [3.63, 3.8) is 0 Å². The van der Waals surface area contributed by atoms with Crippen molar-refractivity contribution >= 4 is 17.2 Å². The van der Waals surface area contributed by atoms with E-state index in [0.717, 1.165) is 18.4 Å². The molecule has 0 unspecified atom stereocenters. The van der Waals surface area contributed by atoms with Gasteiger partial charge in [-0.1, -0.05) is 36.4 Å². The molecule has 0 aliphatic carbocycles. The molecule has 2 heterocycles. The predicted molar refractivity (Wildman–Crippen MR) is 102 cm³/mol. The number of amides is 1. The van der Waals surface area contributed by atoms with E-state index in [1.54, 1.807) is 11.3 Å². The third-order valence-electron chi connectivity index (χ3n) is 5.06. The molecule has 5 heteroatoms. The van der Waals surface area contributed by atoms with Gasteiger partial charge in [0, 0.05) is 24.6 Å². The Kier molecular flexibility index (Phi) is 5.89. The van der Waals surface area contributed by atoms with Crippen LogP contribution < -0.4 is 5.32 Å². The quantitative estimate of drug-likeness (QED) is 0.862. The molecule has 0 saturated carbocycles. The Balaban J connectivity index is 1.77. The molecule has 1 N–H and O–H groups in total. The smallest absolute Gasteiger partial charge is 0.230 e. The maximum atomic E-state index is 13.2. The Morgan fingerprint density at radius 2 is 1.92 bits per heavy atom. The lowest BCUT2D eigenvalue weighted by Gasteiger charge is -2.37. The Bertz CT molecular complexity index is 664. The summed E-state index contributed by atoms with van der Waals surface area (Å²) in [6.45, 7) is 1.87. The highest BCUT2D eigenvalue weighted by molar-refractivity contribution is 7.10. The van der Waals surface area contributed by atoms with Crippen molar-refractivity contribution in [2.75, 3.05) is 33.9 Å². The second-order valence-corrected chi connectivity index (χ2v) is 7.74. The van der Waals surface area contributed by atoms with E-state index in [4.69, 9.17) is 4.74 Å². The van der Waals surface area contributed by atoms with Crippen molar-refractivity contribution in [2.45, 2.75) is 24.3 Å². The van der Waals surface area contributed by atoms with E-state index in [9.17, 15) is 4.79 Å². The summed E-state index contributed by atoms with van der Waals surface area (Å²) in [5.74, 6) is 0.116. The average molecular weight is 359 g/mol. The number of hydrogen-bond donors (Lipinski definition) is 1. The monoisotopic (exact) mass is 358 g/mol. The van der Waals surface area contributed by atoms with Crippen LogP contribution >= 0.6 is 11.3 Å². The number of ether oxygens (including phenoxy) is 1. The first-order chi connectivity index (χ1) is 12.1. The molecule has 4 nitrogen and oxygen atoms in total. The molecule has 1 aliphatic rings. The summed E-state index contributed by atoms with van der Waals surface area (Å²) < 4.78 is 5.53. The van der Waals surface area contributed by atoms with Crippen LogP contribution in [0.4, 0.5) is 0 Å². The Morgan fingerprint density at radius 3 is 2.52 bits per heavy atom. The minimum atomic E-state index is -0.480. The van der Waals surface area contributed by atoms with Gasteiger partial charge in [-0.2, -0.15) is 0 Å². The van der Waals surface area contributed by atoms with E-state index in [1.807, 2.05) is 18.2 Å². The first-order valence-corrected chi connectivity index (χ1v) is 9.63. The Labute approximate surface area is 153 Å². The number of likely N-dealkylation sites (N-methyl/N-ethyl adjacent to an activating group) is 1. The molecule has 0 radical (unpaired) electrons. The lowest BCUT2D eigenvalue weighted by molar-refractivity contribution is -0.130. The van der Waals surface area contributed by atoms with E-state index in [2.05, 4.69) is 54.0 Å². The third kappa shape index (κ3) is 3.94. The molecule has 1 aromatic carbocycles. The largest absolute Gasteiger partial charge is 0.381 e. The molecular weight excluding hydrogens is 332 g/mol. The molecule has 1 fully saturated rings. The molecule has 1 aromatic heterocycles. The lowest BCUT2D eigenvalue weighted by Crippen LogP contribution is -2.49. The third-order valence-corrected chi connectivity index (χ3v) is 6.03. The van der Waals surface area contributed by atoms with Crippen molar-refractivity contribution in [3.05, 3.63) is 58.3 Å². The van der Waals surface area contributed by atoms with E-state index < -0.39 is 5.41 Å². The van der Waals surface area contributed by atoms with E-state index in [1.165, 1.54) is 4.88 Å². The van der Waals surface area contributed by atoms with Gasteiger partial charge in [-0.15, -0.1) is 11.3 Å². The number of carbonyl (C=O) groups is 1. The maximum absolute atomic E-state index is 13.2. The van der Waals surface area contributed by atoms with Crippen LogP contribution in [0.15, 0.2) is 47.8 Å². The van der Waals surface area contributed by atoms with Crippen molar-refractivity contribution in [1.82, 2.24) is 10.2 Å². The lowest BCUT2D eigenvalue weighted by atomic mass is 9.73. The number of nitrogens with zero attached hydrogens (tertiary/aromatic N) is 1. The van der Waals surface area contributed by atoms with Gasteiger partial charge in [-0.05, 0) is 43.9 Å². The van der Waals surface area contributed by atoms with Gasteiger partial charge in [0.05, 0.1) is 11.5 Å². The Morgan fingerprint density at radius 1 is 1.20 bits per heavy atom. The highest BCUT2D eigenvalue weighted by atomic mass is 32.1. The van der Waals surface area contributed by atoms with Crippen molar-refractivity contribution in [2.24, 2.45) is 0 Å². The number of nitrogens with one attached hydrogen (secondary N) is 1. The summed E-state index contributed by atoms with van der Waals surface area (Å²) in [5, 5.41) is 5.31. The number of benzene rings is 1. The highest BCUT2D eigenvalue weighted by Crippen LogP contribution is 2.35. The molecular formula is C20H26N2O2S. The van der Waals surface area contributed by atoms with Crippen LogP contribution in [0.2, 0.25) is 0 Å². The topological polar surface area (TPSA) is 41.6 Å². The second kappa shape index (κ2) is 8.13. The average Bonchev–Trinajstić information content (AvgIpc) is 3.17. The van der Waals surface area contributed by atoms with Crippen molar-refractivity contribution in [1.29, 1.82) is 0 Å². The number of rotatable bonds is 6. The fourth-order valence-corrected chi connectivity index (χ4v) is 4.42. The van der Waals surface area contributed by atoms with Crippen LogP contribution in [-0.4, -0.2) is 44.7 Å². The molecule has 1 aliphatic heterocycles. The molecule has 0 spiro atoms. The molecule has 2 aromatic rings. The summed E-state index contributed by atoms with van der Waals surface area (Å²) in [5.41, 5.74) is 0.611. The zero-order valence-electron chi connectivity index (χ0n) is 14.9. The standard InChI is InChI=1S/C20H26N2O2S/c1-22(2)17(18-9-6-14-25-18)15-21-19(23)20(10-12-24-13-11-20)16-7-4-3-5-8-16/h3-9,14,17H,10-13,15H2,1-2H3,(H,21,23)/t17-/m1/s1. The van der Waals surface area contributed by atoms with Gasteiger partial charge >= 0.3 is 0 Å². The van der Waals surface area contributed by atoms with Crippen LogP contribution in [0, 0.1) is 0 Å². The van der Waals surface area contributed by atoms with Crippen LogP contribution in [0.25, 0.3) is 0 Å². The number of carbonyl (C=O) groups excluding carboxylic acids is 1.